The third-order valence-electron chi connectivity index (χ3n) is 3.33. The van der Waals surface area contributed by atoms with Gasteiger partial charge in [0, 0.05) is 24.2 Å². The summed E-state index contributed by atoms with van der Waals surface area (Å²) in [6.07, 6.45) is 2.58. The Morgan fingerprint density at radius 1 is 1.50 bits per heavy atom. The largest absolute Gasteiger partial charge is 0.492 e. The first-order valence-corrected chi connectivity index (χ1v) is 6.46. The SMILES string of the molecule is CC(N)c1cc(F)ccc1OCCN(C)C1CC1. The molecule has 0 saturated heterocycles. The number of rotatable bonds is 6. The Bertz CT molecular complexity index is 405. The Morgan fingerprint density at radius 2 is 2.22 bits per heavy atom. The molecule has 0 aromatic heterocycles. The highest BCUT2D eigenvalue weighted by atomic mass is 19.1. The lowest BCUT2D eigenvalue weighted by Crippen LogP contribution is -2.26. The van der Waals surface area contributed by atoms with Crippen LogP contribution >= 0.6 is 0 Å². The zero-order valence-electron chi connectivity index (χ0n) is 11.0. The Labute approximate surface area is 108 Å². The van der Waals surface area contributed by atoms with E-state index in [0.29, 0.717) is 12.4 Å². The first-order valence-electron chi connectivity index (χ1n) is 6.46. The van der Waals surface area contributed by atoms with Crippen molar-refractivity contribution in [2.45, 2.75) is 31.8 Å². The molecule has 0 heterocycles. The van der Waals surface area contributed by atoms with Gasteiger partial charge in [-0.1, -0.05) is 0 Å². The van der Waals surface area contributed by atoms with Crippen molar-refractivity contribution in [3.63, 3.8) is 0 Å². The number of hydrogen-bond donors (Lipinski definition) is 1. The van der Waals surface area contributed by atoms with E-state index in [4.69, 9.17) is 10.5 Å². The molecule has 0 amide bonds. The van der Waals surface area contributed by atoms with Crippen LogP contribution in [0.4, 0.5) is 4.39 Å². The number of benzene rings is 1. The van der Waals surface area contributed by atoms with Gasteiger partial charge in [-0.25, -0.2) is 4.39 Å². The Balaban J connectivity index is 1.91. The summed E-state index contributed by atoms with van der Waals surface area (Å²) in [7, 11) is 2.11. The van der Waals surface area contributed by atoms with Crippen LogP contribution in [-0.4, -0.2) is 31.1 Å². The summed E-state index contributed by atoms with van der Waals surface area (Å²) in [5.41, 5.74) is 6.54. The van der Waals surface area contributed by atoms with E-state index in [2.05, 4.69) is 11.9 Å². The molecule has 0 spiro atoms. The summed E-state index contributed by atoms with van der Waals surface area (Å²) in [5.74, 6) is 0.417. The summed E-state index contributed by atoms with van der Waals surface area (Å²) in [6, 6.07) is 5.02. The van der Waals surface area contributed by atoms with E-state index in [1.54, 1.807) is 6.07 Å². The highest BCUT2D eigenvalue weighted by molar-refractivity contribution is 5.36. The van der Waals surface area contributed by atoms with Crippen molar-refractivity contribution in [3.05, 3.63) is 29.6 Å². The molecule has 0 bridgehead atoms. The second kappa shape index (κ2) is 5.67. The molecule has 1 fully saturated rings. The molecule has 4 heteroatoms. The molecule has 0 radical (unpaired) electrons. The minimum Gasteiger partial charge on any atom is -0.492 e. The number of nitrogens with zero attached hydrogens (tertiary/aromatic N) is 1. The van der Waals surface area contributed by atoms with Gasteiger partial charge < -0.3 is 15.4 Å². The fourth-order valence-corrected chi connectivity index (χ4v) is 2.00. The van der Waals surface area contributed by atoms with Crippen molar-refractivity contribution >= 4 is 0 Å². The summed E-state index contributed by atoms with van der Waals surface area (Å²) in [4.78, 5) is 2.30. The van der Waals surface area contributed by atoms with E-state index in [1.165, 1.54) is 25.0 Å². The van der Waals surface area contributed by atoms with Crippen LogP contribution in [0, 0.1) is 5.82 Å². The molecule has 0 aliphatic heterocycles. The monoisotopic (exact) mass is 252 g/mol. The van der Waals surface area contributed by atoms with Crippen molar-refractivity contribution in [2.75, 3.05) is 20.2 Å². The van der Waals surface area contributed by atoms with Crippen LogP contribution in [0.15, 0.2) is 18.2 Å². The molecule has 1 saturated carbocycles. The highest BCUT2D eigenvalue weighted by Crippen LogP contribution is 2.26. The zero-order valence-corrected chi connectivity index (χ0v) is 11.0. The van der Waals surface area contributed by atoms with Gasteiger partial charge in [0.1, 0.15) is 18.2 Å². The molecule has 1 aromatic rings. The fraction of sp³-hybridized carbons (Fsp3) is 0.571. The second-order valence-corrected chi connectivity index (χ2v) is 5.03. The lowest BCUT2D eigenvalue weighted by Gasteiger charge is -2.18. The Hall–Kier alpha value is -1.13. The van der Waals surface area contributed by atoms with Crippen molar-refractivity contribution < 1.29 is 9.13 Å². The van der Waals surface area contributed by atoms with Gasteiger partial charge in [0.15, 0.2) is 0 Å². The van der Waals surface area contributed by atoms with Crippen molar-refractivity contribution in [1.29, 1.82) is 0 Å². The van der Waals surface area contributed by atoms with Gasteiger partial charge in [-0.3, -0.25) is 0 Å². The van der Waals surface area contributed by atoms with E-state index in [9.17, 15) is 4.39 Å². The van der Waals surface area contributed by atoms with Gasteiger partial charge in [0.05, 0.1) is 0 Å². The van der Waals surface area contributed by atoms with Crippen molar-refractivity contribution in [3.8, 4) is 5.75 Å². The quantitative estimate of drug-likeness (QED) is 0.844. The van der Waals surface area contributed by atoms with E-state index in [-0.39, 0.29) is 11.9 Å². The first kappa shape index (κ1) is 13.3. The highest BCUT2D eigenvalue weighted by Gasteiger charge is 2.25. The molecule has 1 unspecified atom stereocenters. The van der Waals surface area contributed by atoms with E-state index in [0.717, 1.165) is 18.2 Å². The van der Waals surface area contributed by atoms with Crippen LogP contribution in [0.5, 0.6) is 5.75 Å². The average molecular weight is 252 g/mol. The van der Waals surface area contributed by atoms with E-state index in [1.807, 2.05) is 6.92 Å². The molecule has 1 aromatic carbocycles. The molecular weight excluding hydrogens is 231 g/mol. The van der Waals surface area contributed by atoms with Crippen LogP contribution in [0.2, 0.25) is 0 Å². The van der Waals surface area contributed by atoms with E-state index < -0.39 is 0 Å². The van der Waals surface area contributed by atoms with Crippen LogP contribution in [0.1, 0.15) is 31.4 Å². The van der Waals surface area contributed by atoms with Crippen LogP contribution in [0.3, 0.4) is 0 Å². The molecule has 1 aliphatic carbocycles. The first-order chi connectivity index (χ1) is 8.58. The predicted octanol–water partition coefficient (Wildman–Crippen LogP) is 2.32. The van der Waals surface area contributed by atoms with E-state index >= 15 is 0 Å². The predicted molar refractivity (Wildman–Crippen MR) is 70.1 cm³/mol. The molecule has 100 valence electrons. The minimum atomic E-state index is -0.273. The van der Waals surface area contributed by atoms with Crippen molar-refractivity contribution in [1.82, 2.24) is 4.90 Å². The number of nitrogens with two attached hydrogens (primary N) is 1. The Kier molecular flexibility index (Phi) is 4.19. The molecule has 2 rings (SSSR count). The maximum absolute atomic E-state index is 13.2. The summed E-state index contributed by atoms with van der Waals surface area (Å²) in [6.45, 7) is 3.33. The molecule has 3 nitrogen and oxygen atoms in total. The second-order valence-electron chi connectivity index (χ2n) is 5.03. The van der Waals surface area contributed by atoms with Gasteiger partial charge in [-0.05, 0) is 45.0 Å². The third-order valence-corrected chi connectivity index (χ3v) is 3.33. The summed E-state index contributed by atoms with van der Waals surface area (Å²) in [5, 5.41) is 0. The summed E-state index contributed by atoms with van der Waals surface area (Å²) < 4.78 is 18.9. The van der Waals surface area contributed by atoms with Crippen LogP contribution < -0.4 is 10.5 Å². The number of likely N-dealkylation sites (N-methyl/N-ethyl adjacent to an activating group) is 1. The fourth-order valence-electron chi connectivity index (χ4n) is 2.00. The molecule has 18 heavy (non-hydrogen) atoms. The Morgan fingerprint density at radius 3 is 2.83 bits per heavy atom. The van der Waals surface area contributed by atoms with Crippen LogP contribution in [-0.2, 0) is 0 Å². The van der Waals surface area contributed by atoms with Crippen LogP contribution in [0.25, 0.3) is 0 Å². The smallest absolute Gasteiger partial charge is 0.124 e. The molecule has 1 atom stereocenters. The van der Waals surface area contributed by atoms with Gasteiger partial charge in [-0.2, -0.15) is 0 Å². The topological polar surface area (TPSA) is 38.5 Å². The standard InChI is InChI=1S/C14H21FN2O/c1-10(16)13-9-11(15)3-6-14(13)18-8-7-17(2)12-4-5-12/h3,6,9-10,12H,4-5,7-8,16H2,1-2H3. The number of hydrogen-bond acceptors (Lipinski definition) is 3. The lowest BCUT2D eigenvalue weighted by molar-refractivity contribution is 0.230. The maximum Gasteiger partial charge on any atom is 0.124 e. The molecule has 1 aliphatic rings. The number of halogens is 1. The molecule has 2 N–H and O–H groups in total. The van der Waals surface area contributed by atoms with Gasteiger partial charge in [-0.15, -0.1) is 0 Å². The van der Waals surface area contributed by atoms with Gasteiger partial charge in [0.25, 0.3) is 0 Å². The minimum absolute atomic E-state index is 0.225. The number of ether oxygens (including phenoxy) is 1. The van der Waals surface area contributed by atoms with Crippen molar-refractivity contribution in [2.24, 2.45) is 5.73 Å². The molecular formula is C14H21FN2O. The normalized spacial score (nSPS) is 16.9. The van der Waals surface area contributed by atoms with Gasteiger partial charge >= 0.3 is 0 Å². The zero-order chi connectivity index (χ0) is 13.1. The van der Waals surface area contributed by atoms with Gasteiger partial charge in [0.2, 0.25) is 0 Å². The summed E-state index contributed by atoms with van der Waals surface area (Å²) >= 11 is 0. The third kappa shape index (κ3) is 3.43. The average Bonchev–Trinajstić information content (AvgIpc) is 3.14. The maximum atomic E-state index is 13.2. The lowest BCUT2D eigenvalue weighted by atomic mass is 10.1.